The second kappa shape index (κ2) is 9.02. The van der Waals surface area contributed by atoms with Crippen LogP contribution in [0.2, 0.25) is 0 Å². The molecule has 2 aromatic heterocycles. The highest BCUT2D eigenvalue weighted by molar-refractivity contribution is 7.09. The van der Waals surface area contributed by atoms with Crippen molar-refractivity contribution in [3.05, 3.63) is 70.7 Å². The standard InChI is InChI=1S/C21H23N5O2S/c27-20(23-14-16-4-6-17(7-5-16)26-10-2-8-24-26)13-19-21(28)22-9-11-25(19)15-18-3-1-12-29-18/h1-8,10,12,19H,9,11,13-15H2,(H,22,28)(H,23,27)/t19-/m1/s1. The van der Waals surface area contributed by atoms with E-state index in [1.165, 1.54) is 4.88 Å². The van der Waals surface area contributed by atoms with Crippen LogP contribution in [0.4, 0.5) is 0 Å². The Morgan fingerprint density at radius 3 is 2.83 bits per heavy atom. The molecule has 1 aliphatic rings. The quantitative estimate of drug-likeness (QED) is 0.625. The van der Waals surface area contributed by atoms with E-state index in [-0.39, 0.29) is 18.2 Å². The molecule has 1 saturated heterocycles. The van der Waals surface area contributed by atoms with Crippen LogP contribution in [0.5, 0.6) is 0 Å². The molecule has 7 nitrogen and oxygen atoms in total. The number of nitrogens with one attached hydrogen (secondary N) is 2. The van der Waals surface area contributed by atoms with Crippen molar-refractivity contribution < 1.29 is 9.59 Å². The summed E-state index contributed by atoms with van der Waals surface area (Å²) in [5.41, 5.74) is 1.96. The predicted octanol–water partition coefficient (Wildman–Crippen LogP) is 1.94. The van der Waals surface area contributed by atoms with Crippen LogP contribution in [-0.4, -0.2) is 45.6 Å². The monoisotopic (exact) mass is 409 g/mol. The Balaban J connectivity index is 1.32. The summed E-state index contributed by atoms with van der Waals surface area (Å²) in [5, 5.41) is 12.0. The molecule has 2 amide bonds. The minimum absolute atomic E-state index is 0.0773. The van der Waals surface area contributed by atoms with Gasteiger partial charge in [-0.25, -0.2) is 4.68 Å². The van der Waals surface area contributed by atoms with Crippen molar-refractivity contribution in [2.24, 2.45) is 0 Å². The van der Waals surface area contributed by atoms with E-state index in [0.717, 1.165) is 17.8 Å². The Morgan fingerprint density at radius 1 is 1.24 bits per heavy atom. The molecule has 0 radical (unpaired) electrons. The first-order chi connectivity index (χ1) is 14.2. The molecule has 1 fully saturated rings. The number of rotatable bonds is 7. The van der Waals surface area contributed by atoms with Crippen LogP contribution in [0.15, 0.2) is 60.2 Å². The fourth-order valence-electron chi connectivity index (χ4n) is 3.41. The van der Waals surface area contributed by atoms with Crippen molar-refractivity contribution in [2.45, 2.75) is 25.6 Å². The number of aromatic nitrogens is 2. The summed E-state index contributed by atoms with van der Waals surface area (Å²) < 4.78 is 1.78. The summed E-state index contributed by atoms with van der Waals surface area (Å²) in [6, 6.07) is 13.4. The molecule has 3 aromatic rings. The number of carbonyl (C=O) groups excluding carboxylic acids is 2. The molecule has 29 heavy (non-hydrogen) atoms. The third-order valence-electron chi connectivity index (χ3n) is 4.95. The van der Waals surface area contributed by atoms with Gasteiger partial charge in [-0.2, -0.15) is 5.10 Å². The maximum atomic E-state index is 12.5. The third kappa shape index (κ3) is 4.90. The molecule has 1 aromatic carbocycles. The molecule has 0 unspecified atom stereocenters. The number of hydrogen-bond acceptors (Lipinski definition) is 5. The highest BCUT2D eigenvalue weighted by Crippen LogP contribution is 2.17. The largest absolute Gasteiger partial charge is 0.353 e. The fraction of sp³-hybridized carbons (Fsp3) is 0.286. The molecule has 3 heterocycles. The van der Waals surface area contributed by atoms with Crippen LogP contribution in [0.25, 0.3) is 5.69 Å². The van der Waals surface area contributed by atoms with E-state index in [2.05, 4.69) is 26.7 Å². The molecule has 0 spiro atoms. The van der Waals surface area contributed by atoms with Crippen molar-refractivity contribution in [3.8, 4) is 5.69 Å². The van der Waals surface area contributed by atoms with Gasteiger partial charge in [0.2, 0.25) is 11.8 Å². The molecule has 150 valence electrons. The summed E-state index contributed by atoms with van der Waals surface area (Å²) in [5.74, 6) is -0.203. The zero-order valence-corrected chi connectivity index (χ0v) is 16.8. The molecule has 0 saturated carbocycles. The van der Waals surface area contributed by atoms with Crippen LogP contribution in [0, 0.1) is 0 Å². The first-order valence-electron chi connectivity index (χ1n) is 9.59. The number of piperazine rings is 1. The highest BCUT2D eigenvalue weighted by atomic mass is 32.1. The Hall–Kier alpha value is -2.97. The fourth-order valence-corrected chi connectivity index (χ4v) is 4.14. The van der Waals surface area contributed by atoms with Gasteiger partial charge in [0, 0.05) is 43.4 Å². The zero-order chi connectivity index (χ0) is 20.1. The van der Waals surface area contributed by atoms with Gasteiger partial charge in [-0.3, -0.25) is 14.5 Å². The Labute approximate surface area is 173 Å². The summed E-state index contributed by atoms with van der Waals surface area (Å²) in [7, 11) is 0. The van der Waals surface area contributed by atoms with Gasteiger partial charge in [0.1, 0.15) is 0 Å². The number of carbonyl (C=O) groups is 2. The van der Waals surface area contributed by atoms with Crippen LogP contribution in [-0.2, 0) is 22.7 Å². The number of benzene rings is 1. The summed E-state index contributed by atoms with van der Waals surface area (Å²) in [6.45, 7) is 2.48. The van der Waals surface area contributed by atoms with E-state index in [4.69, 9.17) is 0 Å². The summed E-state index contributed by atoms with van der Waals surface area (Å²) in [6.07, 6.45) is 3.77. The lowest BCUT2D eigenvalue weighted by Gasteiger charge is -2.34. The lowest BCUT2D eigenvalue weighted by Crippen LogP contribution is -2.56. The van der Waals surface area contributed by atoms with Crippen LogP contribution < -0.4 is 10.6 Å². The van der Waals surface area contributed by atoms with Gasteiger partial charge >= 0.3 is 0 Å². The van der Waals surface area contributed by atoms with Crippen LogP contribution in [0.3, 0.4) is 0 Å². The average molecular weight is 410 g/mol. The van der Waals surface area contributed by atoms with Crippen molar-refractivity contribution in [1.82, 2.24) is 25.3 Å². The van der Waals surface area contributed by atoms with E-state index in [0.29, 0.717) is 19.6 Å². The number of hydrogen-bond donors (Lipinski definition) is 2. The normalized spacial score (nSPS) is 17.1. The number of nitrogens with zero attached hydrogens (tertiary/aromatic N) is 3. The third-order valence-corrected chi connectivity index (χ3v) is 5.82. The first kappa shape index (κ1) is 19.4. The van der Waals surface area contributed by atoms with Gasteiger partial charge in [0.05, 0.1) is 18.2 Å². The topological polar surface area (TPSA) is 79.3 Å². The maximum absolute atomic E-state index is 12.5. The van der Waals surface area contributed by atoms with Crippen molar-refractivity contribution >= 4 is 23.2 Å². The van der Waals surface area contributed by atoms with E-state index >= 15 is 0 Å². The molecule has 0 bridgehead atoms. The van der Waals surface area contributed by atoms with Crippen molar-refractivity contribution in [1.29, 1.82) is 0 Å². The summed E-state index contributed by atoms with van der Waals surface area (Å²) in [4.78, 5) is 28.1. The molecule has 4 rings (SSSR count). The zero-order valence-electron chi connectivity index (χ0n) is 16.0. The van der Waals surface area contributed by atoms with E-state index < -0.39 is 6.04 Å². The second-order valence-electron chi connectivity index (χ2n) is 6.95. The van der Waals surface area contributed by atoms with E-state index in [1.807, 2.05) is 48.0 Å². The van der Waals surface area contributed by atoms with Gasteiger partial charge in [-0.15, -0.1) is 11.3 Å². The smallest absolute Gasteiger partial charge is 0.237 e. The molecule has 2 N–H and O–H groups in total. The first-order valence-corrected chi connectivity index (χ1v) is 10.5. The Kier molecular flexibility index (Phi) is 6.02. The average Bonchev–Trinajstić information content (AvgIpc) is 3.44. The molecule has 8 heteroatoms. The maximum Gasteiger partial charge on any atom is 0.237 e. The molecule has 1 aliphatic heterocycles. The molecule has 1 atom stereocenters. The summed E-state index contributed by atoms with van der Waals surface area (Å²) >= 11 is 1.67. The van der Waals surface area contributed by atoms with Gasteiger partial charge < -0.3 is 10.6 Å². The van der Waals surface area contributed by atoms with Crippen LogP contribution >= 0.6 is 11.3 Å². The van der Waals surface area contributed by atoms with Crippen LogP contribution in [0.1, 0.15) is 16.9 Å². The lowest BCUT2D eigenvalue weighted by atomic mass is 10.1. The minimum Gasteiger partial charge on any atom is -0.353 e. The van der Waals surface area contributed by atoms with E-state index in [1.54, 1.807) is 22.2 Å². The van der Waals surface area contributed by atoms with Gasteiger partial charge in [-0.05, 0) is 35.2 Å². The Morgan fingerprint density at radius 2 is 2.10 bits per heavy atom. The number of thiophene rings is 1. The highest BCUT2D eigenvalue weighted by Gasteiger charge is 2.31. The van der Waals surface area contributed by atoms with E-state index in [9.17, 15) is 9.59 Å². The van der Waals surface area contributed by atoms with Crippen molar-refractivity contribution in [2.75, 3.05) is 13.1 Å². The molecular formula is C21H23N5O2S. The van der Waals surface area contributed by atoms with Gasteiger partial charge in [0.25, 0.3) is 0 Å². The predicted molar refractivity (Wildman–Crippen MR) is 112 cm³/mol. The minimum atomic E-state index is -0.437. The molecule has 0 aliphatic carbocycles. The van der Waals surface area contributed by atoms with Gasteiger partial charge in [0.15, 0.2) is 0 Å². The second-order valence-corrected chi connectivity index (χ2v) is 7.99. The van der Waals surface area contributed by atoms with Gasteiger partial charge in [-0.1, -0.05) is 18.2 Å². The SMILES string of the molecule is O=C(C[C@@H]1C(=O)NCCN1Cc1cccs1)NCc1ccc(-n2cccn2)cc1. The Bertz CT molecular complexity index is 938. The molecular weight excluding hydrogens is 386 g/mol. The number of amides is 2. The van der Waals surface area contributed by atoms with Crippen molar-refractivity contribution in [3.63, 3.8) is 0 Å². The lowest BCUT2D eigenvalue weighted by molar-refractivity contribution is -0.134.